The number of hydrogen-bond acceptors (Lipinski definition) is 4. The third kappa shape index (κ3) is 1.59. The van der Waals surface area contributed by atoms with Crippen LogP contribution in [0.2, 0.25) is 0 Å². The highest BCUT2D eigenvalue weighted by atomic mass is 32.1. The van der Waals surface area contributed by atoms with Crippen LogP contribution < -0.4 is 4.90 Å². The van der Waals surface area contributed by atoms with Crippen LogP contribution in [0.1, 0.15) is 12.1 Å². The number of nitrogens with zero attached hydrogens (tertiary/aromatic N) is 3. The Kier molecular flexibility index (Phi) is 2.41. The normalized spacial score (nSPS) is 21.7. The Bertz CT molecular complexity index is 369. The van der Waals surface area contributed by atoms with Crippen LogP contribution in [-0.2, 0) is 4.79 Å². The molecule has 0 N–H and O–H groups in total. The second-order valence-corrected chi connectivity index (χ2v) is 4.06. The lowest BCUT2D eigenvalue weighted by molar-refractivity contribution is -0.117. The van der Waals surface area contributed by atoms with Crippen LogP contribution in [0.4, 0.5) is 5.82 Å². The molecule has 1 aliphatic heterocycles. The lowest BCUT2D eigenvalue weighted by Crippen LogP contribution is -2.26. The van der Waals surface area contributed by atoms with Gasteiger partial charge in [0, 0.05) is 30.6 Å². The summed E-state index contributed by atoms with van der Waals surface area (Å²) in [5, 5.41) is 0.115. The van der Waals surface area contributed by atoms with Crippen LogP contribution in [0.25, 0.3) is 0 Å². The van der Waals surface area contributed by atoms with Crippen molar-refractivity contribution in [2.75, 3.05) is 11.4 Å². The maximum atomic E-state index is 11.5. The molecule has 0 aliphatic carbocycles. The van der Waals surface area contributed by atoms with Gasteiger partial charge < -0.3 is 0 Å². The van der Waals surface area contributed by atoms with Gasteiger partial charge in [0.15, 0.2) is 5.82 Å². The Labute approximate surface area is 87.8 Å². The summed E-state index contributed by atoms with van der Waals surface area (Å²) in [7, 11) is 0. The number of rotatable bonds is 1. The zero-order valence-corrected chi connectivity index (χ0v) is 8.74. The Balaban J connectivity index is 2.32. The van der Waals surface area contributed by atoms with Crippen molar-refractivity contribution in [2.45, 2.75) is 18.6 Å². The van der Waals surface area contributed by atoms with Crippen molar-refractivity contribution in [1.29, 1.82) is 0 Å². The van der Waals surface area contributed by atoms with Gasteiger partial charge in [-0.15, -0.1) is 0 Å². The second kappa shape index (κ2) is 3.57. The van der Waals surface area contributed by atoms with Gasteiger partial charge in [-0.25, -0.2) is 4.98 Å². The number of amides is 1. The van der Waals surface area contributed by atoms with Gasteiger partial charge in [-0.3, -0.25) is 14.7 Å². The summed E-state index contributed by atoms with van der Waals surface area (Å²) >= 11 is 4.28. The molecule has 0 aromatic carbocycles. The molecule has 1 aliphatic rings. The maximum Gasteiger partial charge on any atom is 0.229 e. The summed E-state index contributed by atoms with van der Waals surface area (Å²) in [6.45, 7) is 2.48. The first-order valence-corrected chi connectivity index (χ1v) is 4.96. The highest BCUT2D eigenvalue weighted by Crippen LogP contribution is 2.23. The number of thiol groups is 1. The average Bonchev–Trinajstić information content (AvgIpc) is 2.46. The van der Waals surface area contributed by atoms with Gasteiger partial charge >= 0.3 is 0 Å². The SMILES string of the molecule is Cc1nccnc1N1CC(S)CC1=O. The predicted molar refractivity (Wildman–Crippen MR) is 56.5 cm³/mol. The van der Waals surface area contributed by atoms with Crippen molar-refractivity contribution in [2.24, 2.45) is 0 Å². The van der Waals surface area contributed by atoms with E-state index in [0.717, 1.165) is 5.69 Å². The average molecular weight is 209 g/mol. The molecule has 0 bridgehead atoms. The number of carbonyl (C=O) groups excluding carboxylic acids is 1. The van der Waals surface area contributed by atoms with Gasteiger partial charge in [-0.1, -0.05) is 0 Å². The van der Waals surface area contributed by atoms with Crippen LogP contribution >= 0.6 is 12.6 Å². The molecule has 1 unspecified atom stereocenters. The molecule has 1 aromatic heterocycles. The fraction of sp³-hybridized carbons (Fsp3) is 0.444. The van der Waals surface area contributed by atoms with E-state index in [1.54, 1.807) is 17.3 Å². The summed E-state index contributed by atoms with van der Waals surface area (Å²) in [6, 6.07) is 0. The van der Waals surface area contributed by atoms with Crippen molar-refractivity contribution in [1.82, 2.24) is 9.97 Å². The van der Waals surface area contributed by atoms with Gasteiger partial charge in [-0.05, 0) is 6.92 Å². The van der Waals surface area contributed by atoms with Crippen LogP contribution in [0.3, 0.4) is 0 Å². The minimum atomic E-state index is 0.0774. The van der Waals surface area contributed by atoms with Crippen LogP contribution in [0.5, 0.6) is 0 Å². The monoisotopic (exact) mass is 209 g/mol. The smallest absolute Gasteiger partial charge is 0.229 e. The van der Waals surface area contributed by atoms with Crippen molar-refractivity contribution in [3.63, 3.8) is 0 Å². The van der Waals surface area contributed by atoms with Gasteiger partial charge in [0.25, 0.3) is 0 Å². The predicted octanol–water partition coefficient (Wildman–Crippen LogP) is 0.820. The van der Waals surface area contributed by atoms with E-state index in [-0.39, 0.29) is 11.2 Å². The third-order valence-electron chi connectivity index (χ3n) is 2.22. The highest BCUT2D eigenvalue weighted by molar-refractivity contribution is 7.81. The van der Waals surface area contributed by atoms with Crippen molar-refractivity contribution >= 4 is 24.4 Å². The Morgan fingerprint density at radius 2 is 2.21 bits per heavy atom. The number of carbonyl (C=O) groups is 1. The summed E-state index contributed by atoms with van der Waals surface area (Å²) in [5.41, 5.74) is 0.781. The first-order valence-electron chi connectivity index (χ1n) is 4.44. The fourth-order valence-corrected chi connectivity index (χ4v) is 1.88. The topological polar surface area (TPSA) is 46.1 Å². The van der Waals surface area contributed by atoms with E-state index in [9.17, 15) is 4.79 Å². The van der Waals surface area contributed by atoms with Gasteiger partial charge in [-0.2, -0.15) is 12.6 Å². The lowest BCUT2D eigenvalue weighted by atomic mass is 10.4. The molecule has 0 radical (unpaired) electrons. The quantitative estimate of drug-likeness (QED) is 0.696. The van der Waals surface area contributed by atoms with E-state index < -0.39 is 0 Å². The minimum Gasteiger partial charge on any atom is -0.294 e. The van der Waals surface area contributed by atoms with E-state index in [4.69, 9.17) is 0 Å². The van der Waals surface area contributed by atoms with E-state index in [1.807, 2.05) is 6.92 Å². The molecular weight excluding hydrogens is 198 g/mol. The van der Waals surface area contributed by atoms with Crippen LogP contribution in [-0.4, -0.2) is 27.7 Å². The standard InChI is InChI=1S/C9H11N3OS/c1-6-9(11-3-2-10-6)12-5-7(14)4-8(12)13/h2-3,7,14H,4-5H2,1H3. The lowest BCUT2D eigenvalue weighted by Gasteiger charge is -2.15. The van der Waals surface area contributed by atoms with Crippen molar-refractivity contribution < 1.29 is 4.79 Å². The molecule has 0 saturated carbocycles. The molecule has 5 heteroatoms. The zero-order valence-electron chi connectivity index (χ0n) is 7.84. The van der Waals surface area contributed by atoms with Gasteiger partial charge in [0.2, 0.25) is 5.91 Å². The first kappa shape index (κ1) is 9.45. The number of anilines is 1. The molecule has 2 heterocycles. The molecule has 1 fully saturated rings. The maximum absolute atomic E-state index is 11.5. The zero-order chi connectivity index (χ0) is 10.1. The number of aryl methyl sites for hydroxylation is 1. The molecule has 0 spiro atoms. The highest BCUT2D eigenvalue weighted by Gasteiger charge is 2.30. The van der Waals surface area contributed by atoms with Gasteiger partial charge in [0.1, 0.15) is 0 Å². The van der Waals surface area contributed by atoms with E-state index in [2.05, 4.69) is 22.6 Å². The number of hydrogen-bond donors (Lipinski definition) is 1. The molecule has 74 valence electrons. The first-order chi connectivity index (χ1) is 6.68. The summed E-state index contributed by atoms with van der Waals surface area (Å²) in [6.07, 6.45) is 3.71. The van der Waals surface area contributed by atoms with E-state index >= 15 is 0 Å². The molecule has 1 aromatic rings. The summed E-state index contributed by atoms with van der Waals surface area (Å²) in [4.78, 5) is 21.5. The Morgan fingerprint density at radius 1 is 1.50 bits per heavy atom. The molecule has 2 rings (SSSR count). The molecule has 4 nitrogen and oxygen atoms in total. The third-order valence-corrected chi connectivity index (χ3v) is 2.56. The Hall–Kier alpha value is -1.10. The van der Waals surface area contributed by atoms with E-state index in [0.29, 0.717) is 18.8 Å². The fourth-order valence-electron chi connectivity index (χ4n) is 1.56. The molecular formula is C9H11N3OS. The molecule has 1 atom stereocenters. The van der Waals surface area contributed by atoms with E-state index in [1.165, 1.54) is 0 Å². The largest absolute Gasteiger partial charge is 0.294 e. The van der Waals surface area contributed by atoms with Crippen LogP contribution in [0.15, 0.2) is 12.4 Å². The number of aromatic nitrogens is 2. The van der Waals surface area contributed by atoms with Crippen molar-refractivity contribution in [3.8, 4) is 0 Å². The Morgan fingerprint density at radius 3 is 2.79 bits per heavy atom. The summed E-state index contributed by atoms with van der Waals surface area (Å²) in [5.74, 6) is 0.739. The molecule has 1 amide bonds. The minimum absolute atomic E-state index is 0.0774. The van der Waals surface area contributed by atoms with Gasteiger partial charge in [0.05, 0.1) is 5.69 Å². The second-order valence-electron chi connectivity index (χ2n) is 3.33. The van der Waals surface area contributed by atoms with Crippen molar-refractivity contribution in [3.05, 3.63) is 18.1 Å². The molecule has 14 heavy (non-hydrogen) atoms. The molecule has 1 saturated heterocycles. The van der Waals surface area contributed by atoms with Crippen LogP contribution in [0, 0.1) is 6.92 Å². The summed E-state index contributed by atoms with van der Waals surface area (Å²) < 4.78 is 0.